The number of rotatable bonds is 5. The Morgan fingerprint density at radius 2 is 1.85 bits per heavy atom. The van der Waals surface area contributed by atoms with Crippen molar-refractivity contribution in [3.63, 3.8) is 0 Å². The summed E-state index contributed by atoms with van der Waals surface area (Å²) < 4.78 is 57.4. The summed E-state index contributed by atoms with van der Waals surface area (Å²) in [4.78, 5) is 18.9. The van der Waals surface area contributed by atoms with E-state index >= 15 is 0 Å². The Labute approximate surface area is 191 Å². The van der Waals surface area contributed by atoms with Gasteiger partial charge < -0.3 is 9.84 Å². The van der Waals surface area contributed by atoms with E-state index in [-0.39, 0.29) is 23.3 Å². The van der Waals surface area contributed by atoms with Crippen LogP contribution in [0.15, 0.2) is 47.0 Å². The Morgan fingerprint density at radius 3 is 2.52 bits per heavy atom. The molecule has 33 heavy (non-hydrogen) atoms. The van der Waals surface area contributed by atoms with Crippen LogP contribution in [0.1, 0.15) is 24.3 Å². The first-order valence-electron chi connectivity index (χ1n) is 10.2. The molecule has 1 N–H and O–H groups in total. The van der Waals surface area contributed by atoms with Crippen LogP contribution in [0, 0.1) is 11.7 Å². The third-order valence-corrected chi connectivity index (χ3v) is 5.76. The zero-order valence-electron chi connectivity index (χ0n) is 17.2. The van der Waals surface area contributed by atoms with Crippen molar-refractivity contribution in [2.45, 2.75) is 25.6 Å². The van der Waals surface area contributed by atoms with Gasteiger partial charge >= 0.3 is 6.18 Å². The average Bonchev–Trinajstić information content (AvgIpc) is 3.23. The number of hydrogen-bond donors (Lipinski definition) is 1. The summed E-state index contributed by atoms with van der Waals surface area (Å²) in [5.41, 5.74) is -0.299. The zero-order valence-corrected chi connectivity index (χ0v) is 18.0. The topological polar surface area (TPSA) is 71.3 Å². The number of anilines is 1. The molecular formula is C22H19ClF4N4O2. The Bertz CT molecular complexity index is 1130. The number of halogens is 5. The van der Waals surface area contributed by atoms with Crippen molar-refractivity contribution in [2.24, 2.45) is 5.92 Å². The van der Waals surface area contributed by atoms with Gasteiger partial charge in [-0.1, -0.05) is 16.8 Å². The molecule has 174 valence electrons. The van der Waals surface area contributed by atoms with Crippen molar-refractivity contribution in [1.29, 1.82) is 0 Å². The lowest BCUT2D eigenvalue weighted by Gasteiger charge is -2.30. The summed E-state index contributed by atoms with van der Waals surface area (Å²) in [6.07, 6.45) is -3.54. The summed E-state index contributed by atoms with van der Waals surface area (Å²) in [6.45, 7) is 1.57. The lowest BCUT2D eigenvalue weighted by atomic mass is 9.95. The number of benzene rings is 2. The van der Waals surface area contributed by atoms with E-state index in [1.807, 2.05) is 0 Å². The average molecular weight is 483 g/mol. The molecule has 0 atom stereocenters. The molecule has 1 aliphatic heterocycles. The van der Waals surface area contributed by atoms with E-state index in [0.29, 0.717) is 49.8 Å². The van der Waals surface area contributed by atoms with Gasteiger partial charge in [-0.3, -0.25) is 9.69 Å². The summed E-state index contributed by atoms with van der Waals surface area (Å²) in [5.74, 6) is -0.255. The molecule has 1 amide bonds. The van der Waals surface area contributed by atoms with Crippen LogP contribution in [0.2, 0.25) is 5.02 Å². The maximum absolute atomic E-state index is 13.1. The molecule has 0 aliphatic carbocycles. The lowest BCUT2D eigenvalue weighted by Crippen LogP contribution is -2.37. The third kappa shape index (κ3) is 5.69. The molecule has 0 radical (unpaired) electrons. The highest BCUT2D eigenvalue weighted by molar-refractivity contribution is 6.31. The first kappa shape index (κ1) is 23.2. The van der Waals surface area contributed by atoms with Gasteiger partial charge in [0.25, 0.3) is 0 Å². The van der Waals surface area contributed by atoms with Gasteiger partial charge in [-0.05, 0) is 68.4 Å². The molecule has 1 aliphatic rings. The second-order valence-electron chi connectivity index (χ2n) is 7.75. The van der Waals surface area contributed by atoms with Gasteiger partial charge in [0, 0.05) is 17.2 Å². The minimum atomic E-state index is -4.60. The van der Waals surface area contributed by atoms with E-state index in [2.05, 4.69) is 20.4 Å². The monoisotopic (exact) mass is 482 g/mol. The Hall–Kier alpha value is -2.98. The van der Waals surface area contributed by atoms with E-state index in [1.54, 1.807) is 12.1 Å². The Balaban J connectivity index is 1.30. The SMILES string of the molecule is O=C(Nc1ccc(Cl)c(C(F)(F)F)c1)C1CCN(Cc2nc(-c3ccc(F)cc3)no2)CC1. The van der Waals surface area contributed by atoms with Crippen LogP contribution in [-0.2, 0) is 17.5 Å². The number of piperidine rings is 1. The summed E-state index contributed by atoms with van der Waals surface area (Å²) in [7, 11) is 0. The summed E-state index contributed by atoms with van der Waals surface area (Å²) in [6, 6.07) is 9.05. The zero-order chi connectivity index (χ0) is 23.6. The van der Waals surface area contributed by atoms with Crippen molar-refractivity contribution in [2.75, 3.05) is 18.4 Å². The fraction of sp³-hybridized carbons (Fsp3) is 0.318. The van der Waals surface area contributed by atoms with Crippen molar-refractivity contribution in [3.8, 4) is 11.4 Å². The molecule has 1 aromatic heterocycles. The van der Waals surface area contributed by atoms with Gasteiger partial charge in [-0.2, -0.15) is 18.2 Å². The molecule has 1 saturated heterocycles. The highest BCUT2D eigenvalue weighted by Crippen LogP contribution is 2.36. The molecule has 1 fully saturated rings. The maximum Gasteiger partial charge on any atom is 0.417 e. The van der Waals surface area contributed by atoms with Crippen molar-refractivity contribution < 1.29 is 26.9 Å². The number of hydrogen-bond acceptors (Lipinski definition) is 5. The summed E-state index contributed by atoms with van der Waals surface area (Å²) in [5, 5.41) is 6.05. The first-order chi connectivity index (χ1) is 15.7. The van der Waals surface area contributed by atoms with Gasteiger partial charge in [-0.15, -0.1) is 0 Å². The summed E-state index contributed by atoms with van der Waals surface area (Å²) >= 11 is 5.62. The van der Waals surface area contributed by atoms with Crippen LogP contribution in [0.25, 0.3) is 11.4 Å². The van der Waals surface area contributed by atoms with Crippen LogP contribution < -0.4 is 5.32 Å². The number of carbonyl (C=O) groups excluding carboxylic acids is 1. The molecular weight excluding hydrogens is 464 g/mol. The van der Waals surface area contributed by atoms with Gasteiger partial charge in [0.1, 0.15) is 5.82 Å². The van der Waals surface area contributed by atoms with E-state index in [4.69, 9.17) is 16.1 Å². The van der Waals surface area contributed by atoms with Crippen LogP contribution in [0.5, 0.6) is 0 Å². The highest BCUT2D eigenvalue weighted by Gasteiger charge is 2.34. The fourth-order valence-corrected chi connectivity index (χ4v) is 3.87. The molecule has 0 spiro atoms. The van der Waals surface area contributed by atoms with E-state index in [9.17, 15) is 22.4 Å². The third-order valence-electron chi connectivity index (χ3n) is 5.43. The van der Waals surface area contributed by atoms with E-state index < -0.39 is 16.8 Å². The van der Waals surface area contributed by atoms with Crippen molar-refractivity contribution >= 4 is 23.2 Å². The maximum atomic E-state index is 13.1. The molecule has 4 rings (SSSR count). The van der Waals surface area contributed by atoms with Crippen molar-refractivity contribution in [1.82, 2.24) is 15.0 Å². The largest absolute Gasteiger partial charge is 0.417 e. The second-order valence-corrected chi connectivity index (χ2v) is 8.16. The molecule has 0 unspecified atom stereocenters. The van der Waals surface area contributed by atoms with Gasteiger partial charge in [-0.25, -0.2) is 4.39 Å². The fourth-order valence-electron chi connectivity index (χ4n) is 3.64. The number of carbonyl (C=O) groups is 1. The molecule has 2 heterocycles. The second kappa shape index (κ2) is 9.48. The molecule has 0 saturated carbocycles. The Morgan fingerprint density at radius 1 is 1.15 bits per heavy atom. The predicted molar refractivity (Wildman–Crippen MR) is 113 cm³/mol. The smallest absolute Gasteiger partial charge is 0.338 e. The molecule has 6 nitrogen and oxygen atoms in total. The van der Waals surface area contributed by atoms with Crippen LogP contribution in [0.3, 0.4) is 0 Å². The number of nitrogens with one attached hydrogen (secondary N) is 1. The molecule has 3 aromatic rings. The van der Waals surface area contributed by atoms with Crippen molar-refractivity contribution in [3.05, 3.63) is 64.8 Å². The van der Waals surface area contributed by atoms with Gasteiger partial charge in [0.2, 0.25) is 17.6 Å². The molecule has 2 aromatic carbocycles. The minimum Gasteiger partial charge on any atom is -0.338 e. The van der Waals surface area contributed by atoms with E-state index in [1.165, 1.54) is 18.2 Å². The quantitative estimate of drug-likeness (QED) is 0.493. The molecule has 0 bridgehead atoms. The lowest BCUT2D eigenvalue weighted by molar-refractivity contribution is -0.137. The number of likely N-dealkylation sites (tertiary alicyclic amines) is 1. The minimum absolute atomic E-state index is 0.0540. The number of nitrogens with zero attached hydrogens (tertiary/aromatic N) is 3. The van der Waals surface area contributed by atoms with Crippen LogP contribution in [-0.4, -0.2) is 34.0 Å². The first-order valence-corrected chi connectivity index (χ1v) is 10.6. The van der Waals surface area contributed by atoms with Gasteiger partial charge in [0.05, 0.1) is 17.1 Å². The highest BCUT2D eigenvalue weighted by atomic mass is 35.5. The number of alkyl halides is 3. The number of aromatic nitrogens is 2. The van der Waals surface area contributed by atoms with E-state index in [0.717, 1.165) is 12.1 Å². The van der Waals surface area contributed by atoms with Crippen LogP contribution >= 0.6 is 11.6 Å². The van der Waals surface area contributed by atoms with Crippen LogP contribution in [0.4, 0.5) is 23.2 Å². The van der Waals surface area contributed by atoms with Gasteiger partial charge in [0.15, 0.2) is 0 Å². The molecule has 11 heteroatoms. The predicted octanol–water partition coefficient (Wildman–Crippen LogP) is 5.40. The standard InChI is InChI=1S/C22H19ClF4N4O2/c23-18-6-5-16(11-17(18)22(25,26)27)28-21(32)14-7-9-31(10-8-14)12-19-29-20(30-33-19)13-1-3-15(24)4-2-13/h1-6,11,14H,7-10,12H2,(H,28,32). The normalized spacial score (nSPS) is 15.5. The Kier molecular flexibility index (Phi) is 6.66. The number of amides is 1.